The Balaban J connectivity index is 2.40. The van der Waals surface area contributed by atoms with Crippen LogP contribution in [0, 0.1) is 0 Å². The summed E-state index contributed by atoms with van der Waals surface area (Å²) in [7, 11) is 0. The number of hydrogen-bond acceptors (Lipinski definition) is 5. The highest BCUT2D eigenvalue weighted by Crippen LogP contribution is 2.29. The molecule has 0 bridgehead atoms. The molecule has 1 aromatic heterocycles. The van der Waals surface area contributed by atoms with Crippen molar-refractivity contribution in [1.82, 2.24) is 15.1 Å². The highest BCUT2D eigenvalue weighted by atomic mass is 79.9. The van der Waals surface area contributed by atoms with Gasteiger partial charge in [-0.25, -0.2) is 4.68 Å². The van der Waals surface area contributed by atoms with Crippen molar-refractivity contribution in [3.63, 3.8) is 0 Å². The molecule has 0 radical (unpaired) electrons. The molecular weight excluding hydrogens is 312 g/mol. The van der Waals surface area contributed by atoms with Gasteiger partial charge in [0.2, 0.25) is 0 Å². The maximum Gasteiger partial charge on any atom is 0.283 e. The number of anilines is 1. The summed E-state index contributed by atoms with van der Waals surface area (Å²) in [6.45, 7) is 6.95. The summed E-state index contributed by atoms with van der Waals surface area (Å²) < 4.78 is 1.77. The van der Waals surface area contributed by atoms with E-state index in [2.05, 4.69) is 45.1 Å². The standard InChI is InChI=1S/C12H19BrN4O2/c1-12(2)8-14-3-4-16(12)9-7-15-17(5-6-18)11(19)10(9)13/h7,14,18H,3-6,8H2,1-2H3. The molecule has 0 aromatic carbocycles. The van der Waals surface area contributed by atoms with Gasteiger partial charge in [0.1, 0.15) is 4.47 Å². The monoisotopic (exact) mass is 330 g/mol. The fourth-order valence-electron chi connectivity index (χ4n) is 2.33. The zero-order chi connectivity index (χ0) is 14.0. The van der Waals surface area contributed by atoms with Gasteiger partial charge in [0.05, 0.1) is 25.0 Å². The number of aliphatic hydroxyl groups excluding tert-OH is 1. The summed E-state index contributed by atoms with van der Waals surface area (Å²) in [6.07, 6.45) is 1.69. The SMILES string of the molecule is CC1(C)CNCCN1c1cnn(CCO)c(=O)c1Br. The molecule has 19 heavy (non-hydrogen) atoms. The number of hydrogen-bond donors (Lipinski definition) is 2. The molecule has 2 heterocycles. The van der Waals surface area contributed by atoms with Gasteiger partial charge in [-0.05, 0) is 29.8 Å². The first kappa shape index (κ1) is 14.5. The van der Waals surface area contributed by atoms with Crippen LogP contribution < -0.4 is 15.8 Å². The highest BCUT2D eigenvalue weighted by Gasteiger charge is 2.31. The van der Waals surface area contributed by atoms with Gasteiger partial charge in [0.25, 0.3) is 5.56 Å². The van der Waals surface area contributed by atoms with Crippen molar-refractivity contribution in [3.8, 4) is 0 Å². The van der Waals surface area contributed by atoms with Crippen molar-refractivity contribution in [3.05, 3.63) is 21.0 Å². The molecule has 2 N–H and O–H groups in total. The summed E-state index contributed by atoms with van der Waals surface area (Å²) in [5.74, 6) is 0. The first-order valence-corrected chi connectivity index (χ1v) is 7.11. The third kappa shape index (κ3) is 2.82. The van der Waals surface area contributed by atoms with Crippen molar-refractivity contribution >= 4 is 21.6 Å². The van der Waals surface area contributed by atoms with E-state index in [1.807, 2.05) is 0 Å². The van der Waals surface area contributed by atoms with E-state index < -0.39 is 0 Å². The van der Waals surface area contributed by atoms with Crippen LogP contribution in [0.4, 0.5) is 5.69 Å². The van der Waals surface area contributed by atoms with Crippen LogP contribution in [0.3, 0.4) is 0 Å². The third-order valence-corrected chi connectivity index (χ3v) is 4.12. The number of nitrogens with one attached hydrogen (secondary N) is 1. The average Bonchev–Trinajstić information content (AvgIpc) is 2.36. The van der Waals surface area contributed by atoms with E-state index in [0.717, 1.165) is 25.3 Å². The molecule has 1 saturated heterocycles. The van der Waals surface area contributed by atoms with Crippen LogP contribution in [0.15, 0.2) is 15.5 Å². The maximum absolute atomic E-state index is 12.1. The van der Waals surface area contributed by atoms with E-state index in [1.54, 1.807) is 6.20 Å². The Morgan fingerprint density at radius 1 is 1.58 bits per heavy atom. The molecular formula is C12H19BrN4O2. The number of piperazine rings is 1. The minimum atomic E-state index is -0.208. The van der Waals surface area contributed by atoms with Crippen molar-refractivity contribution in [2.24, 2.45) is 0 Å². The van der Waals surface area contributed by atoms with Gasteiger partial charge in [0.15, 0.2) is 0 Å². The van der Waals surface area contributed by atoms with Crippen LogP contribution in [0.2, 0.25) is 0 Å². The summed E-state index contributed by atoms with van der Waals surface area (Å²) in [4.78, 5) is 14.3. The summed E-state index contributed by atoms with van der Waals surface area (Å²) >= 11 is 3.37. The molecule has 0 unspecified atom stereocenters. The van der Waals surface area contributed by atoms with E-state index in [0.29, 0.717) is 4.47 Å². The minimum Gasteiger partial charge on any atom is -0.394 e. The van der Waals surface area contributed by atoms with Crippen molar-refractivity contribution < 1.29 is 5.11 Å². The Hall–Kier alpha value is -0.920. The van der Waals surface area contributed by atoms with Crippen molar-refractivity contribution in [2.75, 3.05) is 31.1 Å². The molecule has 0 atom stereocenters. The molecule has 0 aliphatic carbocycles. The first-order valence-electron chi connectivity index (χ1n) is 6.32. The van der Waals surface area contributed by atoms with Crippen LogP contribution in [0.5, 0.6) is 0 Å². The fraction of sp³-hybridized carbons (Fsp3) is 0.667. The van der Waals surface area contributed by atoms with E-state index in [1.165, 1.54) is 4.68 Å². The topological polar surface area (TPSA) is 70.4 Å². The van der Waals surface area contributed by atoms with Gasteiger partial charge < -0.3 is 15.3 Å². The molecule has 0 spiro atoms. The van der Waals surface area contributed by atoms with E-state index in [-0.39, 0.29) is 24.2 Å². The van der Waals surface area contributed by atoms with Gasteiger partial charge in [0, 0.05) is 25.2 Å². The lowest BCUT2D eigenvalue weighted by molar-refractivity contribution is 0.265. The van der Waals surface area contributed by atoms with Gasteiger partial charge in [-0.1, -0.05) is 0 Å². The van der Waals surface area contributed by atoms with Crippen LogP contribution in [-0.4, -0.2) is 46.7 Å². The van der Waals surface area contributed by atoms with E-state index >= 15 is 0 Å². The number of aliphatic hydroxyl groups is 1. The lowest BCUT2D eigenvalue weighted by Gasteiger charge is -2.44. The zero-order valence-corrected chi connectivity index (χ0v) is 12.8. The van der Waals surface area contributed by atoms with Crippen LogP contribution in [-0.2, 0) is 6.54 Å². The Kier molecular flexibility index (Phi) is 4.27. The number of rotatable bonds is 3. The quantitative estimate of drug-likeness (QED) is 0.827. The number of aromatic nitrogens is 2. The number of halogens is 1. The van der Waals surface area contributed by atoms with E-state index in [4.69, 9.17) is 5.11 Å². The normalized spacial score (nSPS) is 18.6. The maximum atomic E-state index is 12.1. The molecule has 6 nitrogen and oxygen atoms in total. The average molecular weight is 331 g/mol. The van der Waals surface area contributed by atoms with Gasteiger partial charge in [-0.2, -0.15) is 5.10 Å². The van der Waals surface area contributed by atoms with E-state index in [9.17, 15) is 4.79 Å². The number of nitrogens with zero attached hydrogens (tertiary/aromatic N) is 3. The van der Waals surface area contributed by atoms with Gasteiger partial charge in [-0.15, -0.1) is 0 Å². The predicted octanol–water partition coefficient (Wildman–Crippen LogP) is 0.186. The molecule has 0 amide bonds. The van der Waals surface area contributed by atoms with Crippen LogP contribution in [0.1, 0.15) is 13.8 Å². The molecule has 7 heteroatoms. The smallest absolute Gasteiger partial charge is 0.283 e. The lowest BCUT2D eigenvalue weighted by Crippen LogP contribution is -2.58. The Labute approximate surface area is 120 Å². The minimum absolute atomic E-state index is 0.0714. The lowest BCUT2D eigenvalue weighted by atomic mass is 9.99. The first-order chi connectivity index (χ1) is 8.97. The summed E-state index contributed by atoms with van der Waals surface area (Å²) in [6, 6.07) is 0. The van der Waals surface area contributed by atoms with Crippen LogP contribution >= 0.6 is 15.9 Å². The molecule has 106 valence electrons. The zero-order valence-electron chi connectivity index (χ0n) is 11.2. The molecule has 1 aliphatic rings. The molecule has 1 aromatic rings. The van der Waals surface area contributed by atoms with Crippen molar-refractivity contribution in [2.45, 2.75) is 25.9 Å². The fourth-order valence-corrected chi connectivity index (χ4v) is 2.85. The molecule has 1 aliphatic heterocycles. The summed E-state index contributed by atoms with van der Waals surface area (Å²) in [5, 5.41) is 16.4. The third-order valence-electron chi connectivity index (χ3n) is 3.37. The second kappa shape index (κ2) is 5.60. The van der Waals surface area contributed by atoms with Gasteiger partial charge >= 0.3 is 0 Å². The molecule has 1 fully saturated rings. The largest absolute Gasteiger partial charge is 0.394 e. The second-order valence-corrected chi connectivity index (χ2v) is 6.03. The Bertz CT molecular complexity index is 515. The molecule has 2 rings (SSSR count). The second-order valence-electron chi connectivity index (χ2n) is 5.24. The van der Waals surface area contributed by atoms with Gasteiger partial charge in [-0.3, -0.25) is 4.79 Å². The molecule has 0 saturated carbocycles. The predicted molar refractivity (Wildman–Crippen MR) is 77.6 cm³/mol. The van der Waals surface area contributed by atoms with Crippen LogP contribution in [0.25, 0.3) is 0 Å². The van der Waals surface area contributed by atoms with Crippen molar-refractivity contribution in [1.29, 1.82) is 0 Å². The highest BCUT2D eigenvalue weighted by molar-refractivity contribution is 9.10. The Morgan fingerprint density at radius 2 is 2.32 bits per heavy atom. The summed E-state index contributed by atoms with van der Waals surface area (Å²) in [5.41, 5.74) is 0.532. The Morgan fingerprint density at radius 3 is 2.95 bits per heavy atom.